The van der Waals surface area contributed by atoms with Crippen molar-refractivity contribution < 1.29 is 24.5 Å². The molecule has 0 unspecified atom stereocenters. The number of benzene rings is 3. The number of rotatable bonds is 9. The van der Waals surface area contributed by atoms with Gasteiger partial charge in [0.1, 0.15) is 5.75 Å². The van der Waals surface area contributed by atoms with Crippen LogP contribution in [-0.2, 0) is 16.1 Å². The maximum absolute atomic E-state index is 12.7. The normalized spacial score (nSPS) is 18.3. The zero-order valence-electron chi connectivity index (χ0n) is 22.9. The number of aliphatic hydroxyl groups is 1. The van der Waals surface area contributed by atoms with Gasteiger partial charge in [-0.3, -0.25) is 9.78 Å². The minimum Gasteiger partial charge on any atom is -0.508 e. The SMILES string of the molecule is O=C(Nc1cccc([C@@H]2O[C@H](CSc3nnnn3-c3ccc(O)cc3)C[C@H](c3ccc(CO)cc3)O2)c1)c1cccnc1. The fourth-order valence-corrected chi connectivity index (χ4v) is 5.59. The zero-order valence-corrected chi connectivity index (χ0v) is 23.7. The van der Waals surface area contributed by atoms with E-state index in [1.165, 1.54) is 18.0 Å². The van der Waals surface area contributed by atoms with Crippen LogP contribution in [0.15, 0.2) is 102 Å². The molecule has 1 amide bonds. The van der Waals surface area contributed by atoms with Gasteiger partial charge < -0.3 is 25.0 Å². The zero-order chi connectivity index (χ0) is 29.6. The summed E-state index contributed by atoms with van der Waals surface area (Å²) in [5.41, 5.74) is 4.32. The Kier molecular flexibility index (Phi) is 8.70. The Morgan fingerprint density at radius 2 is 1.84 bits per heavy atom. The van der Waals surface area contributed by atoms with Crippen LogP contribution in [0.3, 0.4) is 0 Å². The summed E-state index contributed by atoms with van der Waals surface area (Å²) in [6, 6.07) is 25.1. The fraction of sp³-hybridized carbons (Fsp3) is 0.194. The molecule has 5 aromatic rings. The number of tetrazole rings is 1. The summed E-state index contributed by atoms with van der Waals surface area (Å²) in [4.78, 5) is 16.7. The highest BCUT2D eigenvalue weighted by Crippen LogP contribution is 2.40. The van der Waals surface area contributed by atoms with Crippen LogP contribution in [-0.4, -0.2) is 53.2 Å². The lowest BCUT2D eigenvalue weighted by Gasteiger charge is -2.36. The summed E-state index contributed by atoms with van der Waals surface area (Å²) in [5.74, 6) is 0.436. The number of hydrogen-bond donors (Lipinski definition) is 3. The first-order chi connectivity index (χ1) is 21.1. The van der Waals surface area contributed by atoms with E-state index < -0.39 is 6.29 Å². The van der Waals surface area contributed by atoms with E-state index in [4.69, 9.17) is 9.47 Å². The highest BCUT2D eigenvalue weighted by Gasteiger charge is 2.33. The van der Waals surface area contributed by atoms with Crippen molar-refractivity contribution in [1.82, 2.24) is 25.2 Å². The number of nitrogens with one attached hydrogen (secondary N) is 1. The molecule has 1 saturated heterocycles. The second-order valence-corrected chi connectivity index (χ2v) is 10.9. The number of aromatic hydroxyl groups is 1. The van der Waals surface area contributed by atoms with Crippen LogP contribution in [0, 0.1) is 0 Å². The molecule has 12 heteroatoms. The minimum atomic E-state index is -0.704. The van der Waals surface area contributed by atoms with E-state index in [0.717, 1.165) is 22.4 Å². The first kappa shape index (κ1) is 28.5. The van der Waals surface area contributed by atoms with Gasteiger partial charge in [-0.1, -0.05) is 48.2 Å². The number of carbonyl (C=O) groups is 1. The number of ether oxygens (including phenoxy) is 2. The lowest BCUT2D eigenvalue weighted by molar-refractivity contribution is -0.245. The quantitative estimate of drug-likeness (QED) is 0.202. The third-order valence-electron chi connectivity index (χ3n) is 6.89. The van der Waals surface area contributed by atoms with Crippen molar-refractivity contribution in [3.8, 4) is 11.4 Å². The third-order valence-corrected chi connectivity index (χ3v) is 7.94. The van der Waals surface area contributed by atoms with Gasteiger partial charge in [-0.15, -0.1) is 5.10 Å². The van der Waals surface area contributed by atoms with Crippen LogP contribution >= 0.6 is 11.8 Å². The molecule has 2 aromatic heterocycles. The molecule has 6 rings (SSSR count). The highest BCUT2D eigenvalue weighted by molar-refractivity contribution is 7.99. The molecule has 3 aromatic carbocycles. The molecule has 3 atom stereocenters. The third kappa shape index (κ3) is 6.89. The molecule has 11 nitrogen and oxygen atoms in total. The summed E-state index contributed by atoms with van der Waals surface area (Å²) < 4.78 is 14.5. The number of aliphatic hydroxyl groups excluding tert-OH is 1. The van der Waals surface area contributed by atoms with Gasteiger partial charge in [-0.25, -0.2) is 0 Å². The van der Waals surface area contributed by atoms with Gasteiger partial charge in [0.05, 0.1) is 30.1 Å². The molecule has 1 fully saturated rings. The van der Waals surface area contributed by atoms with Crippen LogP contribution in [0.1, 0.15) is 45.9 Å². The highest BCUT2D eigenvalue weighted by atomic mass is 32.2. The summed E-state index contributed by atoms with van der Waals surface area (Å²) >= 11 is 1.46. The van der Waals surface area contributed by atoms with E-state index in [0.29, 0.717) is 28.6 Å². The number of aromatic nitrogens is 5. The van der Waals surface area contributed by atoms with Gasteiger partial charge >= 0.3 is 0 Å². The maximum atomic E-state index is 12.7. The number of pyridine rings is 1. The number of anilines is 1. The number of carbonyl (C=O) groups excluding carboxylic acids is 1. The summed E-state index contributed by atoms with van der Waals surface area (Å²) in [7, 11) is 0. The van der Waals surface area contributed by atoms with Crippen molar-refractivity contribution in [2.45, 2.75) is 36.7 Å². The average Bonchev–Trinajstić information content (AvgIpc) is 3.53. The first-order valence-electron chi connectivity index (χ1n) is 13.6. The minimum absolute atomic E-state index is 0.0376. The van der Waals surface area contributed by atoms with Gasteiger partial charge in [-0.05, 0) is 70.1 Å². The molecular formula is C31H28N6O5S. The molecule has 3 heterocycles. The van der Waals surface area contributed by atoms with E-state index in [9.17, 15) is 15.0 Å². The number of thioether (sulfide) groups is 1. The Morgan fingerprint density at radius 3 is 2.60 bits per heavy atom. The van der Waals surface area contributed by atoms with E-state index in [1.54, 1.807) is 47.3 Å². The van der Waals surface area contributed by atoms with Gasteiger partial charge in [0.25, 0.3) is 5.91 Å². The van der Waals surface area contributed by atoms with Gasteiger partial charge in [0, 0.05) is 35.8 Å². The second-order valence-electron chi connectivity index (χ2n) is 9.87. The summed E-state index contributed by atoms with van der Waals surface area (Å²) in [5, 5.41) is 34.8. The largest absolute Gasteiger partial charge is 0.508 e. The van der Waals surface area contributed by atoms with Crippen LogP contribution in [0.5, 0.6) is 5.75 Å². The molecule has 0 spiro atoms. The predicted octanol–water partition coefficient (Wildman–Crippen LogP) is 4.85. The Bertz CT molecular complexity index is 1670. The van der Waals surface area contributed by atoms with Crippen molar-refractivity contribution in [2.24, 2.45) is 0 Å². The van der Waals surface area contributed by atoms with Crippen LogP contribution in [0.2, 0.25) is 0 Å². The van der Waals surface area contributed by atoms with Crippen molar-refractivity contribution in [1.29, 1.82) is 0 Å². The van der Waals surface area contributed by atoms with E-state index in [2.05, 4.69) is 25.8 Å². The second kappa shape index (κ2) is 13.1. The van der Waals surface area contributed by atoms with E-state index in [1.807, 2.05) is 48.5 Å². The smallest absolute Gasteiger partial charge is 0.257 e. The standard InChI is InChI=1S/C31H28N6O5S/c38-18-20-6-8-21(9-7-20)28-16-27(19-43-31-34-35-36-37(31)25-10-12-26(39)13-11-25)41-30(42-28)22-3-1-5-24(15-22)33-29(40)23-4-2-14-32-17-23/h1-15,17,27-28,30,38-39H,16,18-19H2,(H,33,40)/t27-,28+,30+/m0/s1. The maximum Gasteiger partial charge on any atom is 0.257 e. The number of amides is 1. The average molecular weight is 597 g/mol. The van der Waals surface area contributed by atoms with Gasteiger partial charge in [-0.2, -0.15) is 4.68 Å². The summed E-state index contributed by atoms with van der Waals surface area (Å²) in [6.07, 6.45) is 2.50. The molecule has 3 N–H and O–H groups in total. The van der Waals surface area contributed by atoms with Gasteiger partial charge in [0.2, 0.25) is 5.16 Å². The van der Waals surface area contributed by atoms with Crippen molar-refractivity contribution in [2.75, 3.05) is 11.1 Å². The van der Waals surface area contributed by atoms with E-state index >= 15 is 0 Å². The summed E-state index contributed by atoms with van der Waals surface area (Å²) in [6.45, 7) is -0.0376. The molecule has 0 bridgehead atoms. The molecule has 1 aliphatic rings. The Balaban J connectivity index is 1.22. The Hall–Kier alpha value is -4.62. The predicted molar refractivity (Wildman–Crippen MR) is 159 cm³/mol. The van der Waals surface area contributed by atoms with Crippen LogP contribution < -0.4 is 5.32 Å². The molecule has 0 radical (unpaired) electrons. The van der Waals surface area contributed by atoms with Crippen LogP contribution in [0.25, 0.3) is 5.69 Å². The molecule has 0 saturated carbocycles. The Morgan fingerprint density at radius 1 is 1.00 bits per heavy atom. The van der Waals surface area contributed by atoms with Crippen molar-refractivity contribution >= 4 is 23.4 Å². The lowest BCUT2D eigenvalue weighted by Crippen LogP contribution is -2.31. The molecule has 1 aliphatic heterocycles. The molecule has 0 aliphatic carbocycles. The first-order valence-corrected chi connectivity index (χ1v) is 14.6. The van der Waals surface area contributed by atoms with Crippen molar-refractivity contribution in [3.63, 3.8) is 0 Å². The molecular weight excluding hydrogens is 568 g/mol. The number of phenolic OH excluding ortho intramolecular Hbond substituents is 1. The molecule has 43 heavy (non-hydrogen) atoms. The number of nitrogens with zero attached hydrogens (tertiary/aromatic N) is 5. The Labute approximate surface area is 251 Å². The van der Waals surface area contributed by atoms with Crippen molar-refractivity contribution in [3.05, 3.63) is 120 Å². The molecule has 218 valence electrons. The number of hydrogen-bond acceptors (Lipinski definition) is 10. The fourth-order valence-electron chi connectivity index (χ4n) is 4.68. The number of phenols is 1. The van der Waals surface area contributed by atoms with E-state index in [-0.39, 0.29) is 30.5 Å². The van der Waals surface area contributed by atoms with Crippen LogP contribution in [0.4, 0.5) is 5.69 Å². The lowest BCUT2D eigenvalue weighted by atomic mass is 10.0. The topological polar surface area (TPSA) is 145 Å². The monoisotopic (exact) mass is 596 g/mol. The van der Waals surface area contributed by atoms with Gasteiger partial charge in [0.15, 0.2) is 6.29 Å².